The average molecular weight is 564 g/mol. The Morgan fingerprint density at radius 1 is 1.05 bits per heavy atom. The first-order valence-corrected chi connectivity index (χ1v) is 13.2. The molecule has 198 valence electrons. The number of halogens is 3. The molecular formula is C28H33Cl3N4O2. The van der Waals surface area contributed by atoms with Gasteiger partial charge >= 0.3 is 0 Å². The lowest BCUT2D eigenvalue weighted by molar-refractivity contribution is 0.0720. The van der Waals surface area contributed by atoms with Crippen molar-refractivity contribution in [2.75, 3.05) is 13.1 Å². The van der Waals surface area contributed by atoms with Crippen LogP contribution in [0.3, 0.4) is 0 Å². The molecule has 0 unspecified atom stereocenters. The monoisotopic (exact) mass is 562 g/mol. The molecule has 0 saturated carbocycles. The molecule has 5 rings (SSSR count). The summed E-state index contributed by atoms with van der Waals surface area (Å²) >= 11 is 12.8. The van der Waals surface area contributed by atoms with Crippen LogP contribution in [0.4, 0.5) is 0 Å². The van der Waals surface area contributed by atoms with Gasteiger partial charge in [0.05, 0.1) is 22.0 Å². The first-order valence-electron chi connectivity index (χ1n) is 12.4. The van der Waals surface area contributed by atoms with E-state index in [2.05, 4.69) is 44.4 Å². The van der Waals surface area contributed by atoms with Gasteiger partial charge < -0.3 is 4.74 Å². The van der Waals surface area contributed by atoms with E-state index in [1.165, 1.54) is 12.0 Å². The number of benzene rings is 2. The summed E-state index contributed by atoms with van der Waals surface area (Å²) in [6.45, 7) is 12.1. The molecule has 3 aromatic rings. The maximum atomic E-state index is 13.6. The zero-order valence-corrected chi connectivity index (χ0v) is 24.2. The van der Waals surface area contributed by atoms with E-state index in [4.69, 9.17) is 33.0 Å². The highest BCUT2D eigenvalue weighted by Crippen LogP contribution is 2.49. The number of carbonyl (C=O) groups excluding carboxylic acids is 1. The highest BCUT2D eigenvalue weighted by atomic mass is 35.5. The van der Waals surface area contributed by atoms with Crippen LogP contribution in [0, 0.1) is 0 Å². The minimum Gasteiger partial charge on any atom is -0.482 e. The van der Waals surface area contributed by atoms with Crippen molar-refractivity contribution < 1.29 is 9.53 Å². The van der Waals surface area contributed by atoms with E-state index >= 15 is 0 Å². The van der Waals surface area contributed by atoms with Crippen LogP contribution in [-0.4, -0.2) is 33.8 Å². The van der Waals surface area contributed by atoms with E-state index in [9.17, 15) is 4.79 Å². The minimum absolute atomic E-state index is 0. The summed E-state index contributed by atoms with van der Waals surface area (Å²) in [6.07, 6.45) is 3.30. The molecule has 0 atom stereocenters. The topological polar surface area (TPSA) is 59.4 Å². The van der Waals surface area contributed by atoms with Crippen molar-refractivity contribution in [2.45, 2.75) is 64.9 Å². The maximum Gasteiger partial charge on any atom is 0.286 e. The van der Waals surface area contributed by atoms with Crippen LogP contribution in [0.25, 0.3) is 16.9 Å². The molecule has 1 aromatic heterocycles. The summed E-state index contributed by atoms with van der Waals surface area (Å²) in [5.74, 6) is 0.512. The van der Waals surface area contributed by atoms with Crippen LogP contribution in [0.2, 0.25) is 10.0 Å². The van der Waals surface area contributed by atoms with Gasteiger partial charge in [-0.2, -0.15) is 5.10 Å². The van der Waals surface area contributed by atoms with Crippen LogP contribution < -0.4 is 10.2 Å². The van der Waals surface area contributed by atoms with E-state index in [0.29, 0.717) is 21.4 Å². The predicted molar refractivity (Wildman–Crippen MR) is 152 cm³/mol. The molecule has 9 heteroatoms. The number of fused-ring (bicyclic) bond motifs is 3. The van der Waals surface area contributed by atoms with Gasteiger partial charge in [-0.05, 0) is 68.0 Å². The molecule has 2 aliphatic heterocycles. The lowest BCUT2D eigenvalue weighted by atomic mass is 9.83. The van der Waals surface area contributed by atoms with E-state index in [1.807, 2.05) is 24.9 Å². The Morgan fingerprint density at radius 2 is 1.76 bits per heavy atom. The third-order valence-corrected chi connectivity index (χ3v) is 7.46. The van der Waals surface area contributed by atoms with Gasteiger partial charge in [0, 0.05) is 23.7 Å². The number of carbonyl (C=O) groups is 1. The lowest BCUT2D eigenvalue weighted by Gasteiger charge is -2.35. The van der Waals surface area contributed by atoms with Crippen molar-refractivity contribution in [3.05, 3.63) is 63.3 Å². The Morgan fingerprint density at radius 3 is 2.41 bits per heavy atom. The third-order valence-electron chi connectivity index (χ3n) is 6.92. The number of rotatable bonds is 3. The predicted octanol–water partition coefficient (Wildman–Crippen LogP) is 7.32. The number of hydrogen-bond donors (Lipinski definition) is 1. The molecule has 2 aromatic carbocycles. The number of piperidine rings is 1. The first kappa shape index (κ1) is 27.8. The molecule has 2 aliphatic rings. The SMILES string of the molecule is CC(C)(C)c1ccc2c(c1)OC(C)(C)c1c(C(=O)NN3CCCCC3)nn(-c3ccc(Cl)cc3Cl)c1-2.Cl. The molecule has 1 N–H and O–H groups in total. The van der Waals surface area contributed by atoms with E-state index in [1.54, 1.807) is 16.8 Å². The molecule has 0 aliphatic carbocycles. The lowest BCUT2D eigenvalue weighted by Crippen LogP contribution is -2.46. The number of nitrogens with one attached hydrogen (secondary N) is 1. The summed E-state index contributed by atoms with van der Waals surface area (Å²) in [5.41, 5.74) is 6.78. The molecule has 0 bridgehead atoms. The fraction of sp³-hybridized carbons (Fsp3) is 0.429. The van der Waals surface area contributed by atoms with Crippen molar-refractivity contribution in [3.8, 4) is 22.7 Å². The number of hydrogen-bond acceptors (Lipinski definition) is 4. The van der Waals surface area contributed by atoms with Crippen molar-refractivity contribution in [2.24, 2.45) is 0 Å². The summed E-state index contributed by atoms with van der Waals surface area (Å²) in [7, 11) is 0. The second kappa shape index (κ2) is 10.1. The van der Waals surface area contributed by atoms with Crippen molar-refractivity contribution in [3.63, 3.8) is 0 Å². The van der Waals surface area contributed by atoms with Crippen LogP contribution in [-0.2, 0) is 11.0 Å². The first-order chi connectivity index (χ1) is 17.0. The van der Waals surface area contributed by atoms with E-state index in [-0.39, 0.29) is 23.7 Å². The molecule has 1 fully saturated rings. The van der Waals surface area contributed by atoms with Gasteiger partial charge in [0.25, 0.3) is 5.91 Å². The van der Waals surface area contributed by atoms with Gasteiger partial charge in [0.1, 0.15) is 11.4 Å². The molecule has 37 heavy (non-hydrogen) atoms. The van der Waals surface area contributed by atoms with Crippen LogP contribution in [0.5, 0.6) is 5.75 Å². The highest BCUT2D eigenvalue weighted by molar-refractivity contribution is 6.35. The number of amides is 1. The Bertz CT molecular complexity index is 1340. The second-order valence-electron chi connectivity index (χ2n) is 11.1. The van der Waals surface area contributed by atoms with Crippen molar-refractivity contribution in [1.29, 1.82) is 0 Å². The molecular weight excluding hydrogens is 531 g/mol. The molecule has 6 nitrogen and oxygen atoms in total. The maximum absolute atomic E-state index is 13.6. The second-order valence-corrected chi connectivity index (χ2v) is 12.0. The van der Waals surface area contributed by atoms with Gasteiger partial charge in [0.15, 0.2) is 5.69 Å². The largest absolute Gasteiger partial charge is 0.482 e. The van der Waals surface area contributed by atoms with Gasteiger partial charge in [-0.15, -0.1) is 12.4 Å². The number of aromatic nitrogens is 2. The van der Waals surface area contributed by atoms with Gasteiger partial charge in [0.2, 0.25) is 0 Å². The average Bonchev–Trinajstić information content (AvgIpc) is 3.20. The van der Waals surface area contributed by atoms with Gasteiger partial charge in [-0.1, -0.05) is 56.5 Å². The number of nitrogens with zero attached hydrogens (tertiary/aromatic N) is 3. The Hall–Kier alpha value is -2.25. The fourth-order valence-electron chi connectivity index (χ4n) is 5.02. The third kappa shape index (κ3) is 5.22. The van der Waals surface area contributed by atoms with Crippen molar-refractivity contribution >= 4 is 41.5 Å². The van der Waals surface area contributed by atoms with Crippen LogP contribution >= 0.6 is 35.6 Å². The highest BCUT2D eigenvalue weighted by Gasteiger charge is 2.42. The summed E-state index contributed by atoms with van der Waals surface area (Å²) in [5, 5.41) is 7.82. The molecule has 3 heterocycles. The summed E-state index contributed by atoms with van der Waals surface area (Å²) in [6, 6.07) is 11.5. The van der Waals surface area contributed by atoms with Crippen LogP contribution in [0.1, 0.15) is 75.5 Å². The normalized spacial score (nSPS) is 16.7. The Kier molecular flexibility index (Phi) is 7.61. The number of ether oxygens (including phenoxy) is 1. The fourth-order valence-corrected chi connectivity index (χ4v) is 5.51. The summed E-state index contributed by atoms with van der Waals surface area (Å²) < 4.78 is 8.32. The molecule has 0 radical (unpaired) electrons. The van der Waals surface area contributed by atoms with E-state index < -0.39 is 5.60 Å². The number of hydrazine groups is 1. The Labute approximate surface area is 234 Å². The van der Waals surface area contributed by atoms with Gasteiger partial charge in [-0.3, -0.25) is 10.2 Å². The summed E-state index contributed by atoms with van der Waals surface area (Å²) in [4.78, 5) is 13.6. The minimum atomic E-state index is -0.801. The quantitative estimate of drug-likeness (QED) is 0.363. The van der Waals surface area contributed by atoms with E-state index in [0.717, 1.165) is 48.5 Å². The van der Waals surface area contributed by atoms with Crippen LogP contribution in [0.15, 0.2) is 36.4 Å². The Balaban J connectivity index is 0.00000320. The van der Waals surface area contributed by atoms with Gasteiger partial charge in [-0.25, -0.2) is 9.69 Å². The molecule has 0 spiro atoms. The molecule has 1 amide bonds. The van der Waals surface area contributed by atoms with Crippen molar-refractivity contribution in [1.82, 2.24) is 20.2 Å². The molecule has 1 saturated heterocycles. The standard InChI is InChI=1S/C28H32Cl2N4O2.ClH/c1-27(2,3)17-9-11-19-22(15-17)36-28(4,5)23-24(26(35)32-33-13-7-6-8-14-33)31-34(25(19)23)21-12-10-18(29)16-20(21)30;/h9-12,15-16H,6-8,13-14H2,1-5H3,(H,32,35);1H. The zero-order chi connectivity index (χ0) is 25.8. The smallest absolute Gasteiger partial charge is 0.286 e. The zero-order valence-electron chi connectivity index (χ0n) is 21.8.